The fraction of sp³-hybridized carbons (Fsp3) is 0.400. The van der Waals surface area contributed by atoms with Gasteiger partial charge in [0.1, 0.15) is 17.1 Å². The van der Waals surface area contributed by atoms with Crippen molar-refractivity contribution in [2.75, 3.05) is 6.54 Å². The molecule has 0 bridgehead atoms. The second-order valence-electron chi connectivity index (χ2n) is 5.54. The van der Waals surface area contributed by atoms with E-state index in [0.29, 0.717) is 11.6 Å². The van der Waals surface area contributed by atoms with Crippen LogP contribution in [-0.4, -0.2) is 27.5 Å². The molecule has 2 N–H and O–H groups in total. The van der Waals surface area contributed by atoms with E-state index in [4.69, 9.17) is 0 Å². The van der Waals surface area contributed by atoms with Crippen molar-refractivity contribution in [1.29, 1.82) is 0 Å². The van der Waals surface area contributed by atoms with Crippen LogP contribution in [0.1, 0.15) is 47.6 Å². The normalized spacial score (nSPS) is 17.2. The smallest absolute Gasteiger partial charge is 0.270 e. The summed E-state index contributed by atoms with van der Waals surface area (Å²) < 4.78 is 0. The molecule has 1 unspecified atom stereocenters. The molecule has 0 spiro atoms. The van der Waals surface area contributed by atoms with Crippen LogP contribution >= 0.6 is 11.3 Å². The number of nitrogens with zero attached hydrogens (tertiary/aromatic N) is 2. The molecule has 1 atom stereocenters. The summed E-state index contributed by atoms with van der Waals surface area (Å²) in [6.07, 6.45) is 3.81. The highest BCUT2D eigenvalue weighted by molar-refractivity contribution is 7.08. The van der Waals surface area contributed by atoms with Gasteiger partial charge in [0.05, 0.1) is 6.54 Å². The molecule has 5 nitrogen and oxygen atoms in total. The number of aliphatic hydroxyl groups is 1. The molecule has 0 saturated heterocycles. The maximum atomic E-state index is 12.1. The van der Waals surface area contributed by atoms with Gasteiger partial charge in [0.15, 0.2) is 0 Å². The predicted molar refractivity (Wildman–Crippen MR) is 80.2 cm³/mol. The number of aromatic nitrogens is 2. The molecule has 1 amide bonds. The first-order valence-corrected chi connectivity index (χ1v) is 7.87. The number of carbonyl (C=O) groups is 1. The number of amides is 1. The van der Waals surface area contributed by atoms with Gasteiger partial charge in [0.2, 0.25) is 0 Å². The lowest BCUT2D eigenvalue weighted by atomic mass is 9.99. The minimum atomic E-state index is -1.08. The maximum Gasteiger partial charge on any atom is 0.270 e. The second kappa shape index (κ2) is 5.54. The third-order valence-corrected chi connectivity index (χ3v) is 4.27. The van der Waals surface area contributed by atoms with E-state index >= 15 is 0 Å². The zero-order chi connectivity index (χ0) is 14.9. The summed E-state index contributed by atoms with van der Waals surface area (Å²) in [7, 11) is 0. The fourth-order valence-corrected chi connectivity index (χ4v) is 2.84. The molecule has 0 radical (unpaired) electrons. The van der Waals surface area contributed by atoms with Crippen LogP contribution in [-0.2, 0) is 5.60 Å². The van der Waals surface area contributed by atoms with Gasteiger partial charge in [-0.3, -0.25) is 4.79 Å². The van der Waals surface area contributed by atoms with Gasteiger partial charge in [0, 0.05) is 12.1 Å². The van der Waals surface area contributed by atoms with E-state index in [9.17, 15) is 9.90 Å². The zero-order valence-corrected chi connectivity index (χ0v) is 12.6. The van der Waals surface area contributed by atoms with Crippen molar-refractivity contribution in [3.05, 3.63) is 46.2 Å². The van der Waals surface area contributed by atoms with E-state index in [1.165, 1.54) is 11.3 Å². The second-order valence-corrected chi connectivity index (χ2v) is 6.32. The van der Waals surface area contributed by atoms with Crippen molar-refractivity contribution in [1.82, 2.24) is 15.3 Å². The summed E-state index contributed by atoms with van der Waals surface area (Å²) in [5.74, 6) is 0.869. The van der Waals surface area contributed by atoms with Gasteiger partial charge in [-0.25, -0.2) is 9.97 Å². The van der Waals surface area contributed by atoms with Crippen molar-refractivity contribution >= 4 is 17.2 Å². The van der Waals surface area contributed by atoms with E-state index in [-0.39, 0.29) is 12.5 Å². The van der Waals surface area contributed by atoms with E-state index in [1.807, 2.05) is 16.8 Å². The molecule has 1 aliphatic carbocycles. The number of rotatable bonds is 5. The number of hydrogen-bond donors (Lipinski definition) is 2. The van der Waals surface area contributed by atoms with Gasteiger partial charge < -0.3 is 10.4 Å². The van der Waals surface area contributed by atoms with Crippen LogP contribution in [0.3, 0.4) is 0 Å². The van der Waals surface area contributed by atoms with Crippen LogP contribution < -0.4 is 5.32 Å². The standard InChI is InChI=1S/C15H17N3O2S/c1-15(20,11-5-7-21-8-11)9-17-14(19)12-4-6-16-13(18-12)10-2-3-10/h4-8,10,20H,2-3,9H2,1H3,(H,17,19). The lowest BCUT2D eigenvalue weighted by Crippen LogP contribution is -2.38. The summed E-state index contributed by atoms with van der Waals surface area (Å²) in [5, 5.41) is 16.9. The number of hydrogen-bond acceptors (Lipinski definition) is 5. The molecule has 2 heterocycles. The molecule has 2 aromatic heterocycles. The molecule has 1 saturated carbocycles. The summed E-state index contributed by atoms with van der Waals surface area (Å²) >= 11 is 1.52. The average Bonchev–Trinajstić information content (AvgIpc) is 3.18. The Hall–Kier alpha value is -1.79. The molecule has 1 fully saturated rings. The molecule has 1 aliphatic rings. The van der Waals surface area contributed by atoms with Crippen LogP contribution in [0.4, 0.5) is 0 Å². The molecule has 0 aromatic carbocycles. The van der Waals surface area contributed by atoms with Gasteiger partial charge >= 0.3 is 0 Å². The van der Waals surface area contributed by atoms with Crippen molar-refractivity contribution in [3.63, 3.8) is 0 Å². The van der Waals surface area contributed by atoms with Crippen molar-refractivity contribution in [3.8, 4) is 0 Å². The first kappa shape index (κ1) is 14.2. The van der Waals surface area contributed by atoms with E-state index < -0.39 is 5.60 Å². The Morgan fingerprint density at radius 2 is 2.33 bits per heavy atom. The molecule has 110 valence electrons. The van der Waals surface area contributed by atoms with Crippen LogP contribution in [0.5, 0.6) is 0 Å². The fourth-order valence-electron chi connectivity index (χ4n) is 2.05. The highest BCUT2D eigenvalue weighted by Crippen LogP contribution is 2.37. The molecule has 0 aliphatic heterocycles. The Morgan fingerprint density at radius 1 is 1.52 bits per heavy atom. The Kier molecular flexibility index (Phi) is 3.73. The molecule has 3 rings (SSSR count). The van der Waals surface area contributed by atoms with Crippen LogP contribution in [0.25, 0.3) is 0 Å². The number of thiophene rings is 1. The number of nitrogens with one attached hydrogen (secondary N) is 1. The minimum Gasteiger partial charge on any atom is -0.384 e. The quantitative estimate of drug-likeness (QED) is 0.886. The van der Waals surface area contributed by atoms with Crippen LogP contribution in [0.15, 0.2) is 29.1 Å². The Morgan fingerprint density at radius 3 is 3.00 bits per heavy atom. The third kappa shape index (κ3) is 3.28. The van der Waals surface area contributed by atoms with E-state index in [1.54, 1.807) is 19.2 Å². The van der Waals surface area contributed by atoms with Gasteiger partial charge in [0.25, 0.3) is 5.91 Å². The highest BCUT2D eigenvalue weighted by atomic mass is 32.1. The van der Waals surface area contributed by atoms with Gasteiger partial charge in [-0.15, -0.1) is 0 Å². The molecular weight excluding hydrogens is 286 g/mol. The maximum absolute atomic E-state index is 12.1. The summed E-state index contributed by atoms with van der Waals surface area (Å²) in [5.41, 5.74) is 0.0735. The topological polar surface area (TPSA) is 75.1 Å². The minimum absolute atomic E-state index is 0.144. The van der Waals surface area contributed by atoms with Gasteiger partial charge in [-0.2, -0.15) is 11.3 Å². The third-order valence-electron chi connectivity index (χ3n) is 3.59. The first-order valence-electron chi connectivity index (χ1n) is 6.92. The monoisotopic (exact) mass is 303 g/mol. The molecule has 2 aromatic rings. The average molecular weight is 303 g/mol. The largest absolute Gasteiger partial charge is 0.384 e. The summed E-state index contributed by atoms with van der Waals surface area (Å²) in [4.78, 5) is 20.6. The predicted octanol–water partition coefficient (Wildman–Crippen LogP) is 2.05. The molecule has 21 heavy (non-hydrogen) atoms. The number of carbonyl (C=O) groups excluding carboxylic acids is 1. The van der Waals surface area contributed by atoms with Crippen molar-refractivity contribution in [2.45, 2.75) is 31.3 Å². The molecular formula is C15H17N3O2S. The van der Waals surface area contributed by atoms with E-state index in [2.05, 4.69) is 15.3 Å². The molecule has 6 heteroatoms. The summed E-state index contributed by atoms with van der Waals surface area (Å²) in [6, 6.07) is 3.45. The van der Waals surface area contributed by atoms with Crippen molar-refractivity contribution < 1.29 is 9.90 Å². The SMILES string of the molecule is CC(O)(CNC(=O)c1ccnc(C2CC2)n1)c1ccsc1. The highest BCUT2D eigenvalue weighted by Gasteiger charge is 2.28. The van der Waals surface area contributed by atoms with Crippen LogP contribution in [0.2, 0.25) is 0 Å². The Balaban J connectivity index is 1.65. The van der Waals surface area contributed by atoms with Gasteiger partial charge in [-0.1, -0.05) is 0 Å². The Bertz CT molecular complexity index is 636. The lowest BCUT2D eigenvalue weighted by molar-refractivity contribution is 0.0528. The Labute approximate surface area is 127 Å². The summed E-state index contributed by atoms with van der Waals surface area (Å²) in [6.45, 7) is 1.83. The van der Waals surface area contributed by atoms with Crippen LogP contribution in [0, 0.1) is 0 Å². The van der Waals surface area contributed by atoms with Gasteiger partial charge in [-0.05, 0) is 48.2 Å². The lowest BCUT2D eigenvalue weighted by Gasteiger charge is -2.22. The van der Waals surface area contributed by atoms with Crippen molar-refractivity contribution in [2.24, 2.45) is 0 Å². The first-order chi connectivity index (χ1) is 10.1. The van der Waals surface area contributed by atoms with E-state index in [0.717, 1.165) is 24.2 Å². The zero-order valence-electron chi connectivity index (χ0n) is 11.7.